The zero-order chi connectivity index (χ0) is 25.5. The van der Waals surface area contributed by atoms with Gasteiger partial charge in [-0.25, -0.2) is 22.9 Å². The minimum absolute atomic E-state index is 0.0270. The van der Waals surface area contributed by atoms with Crippen molar-refractivity contribution in [2.75, 3.05) is 11.9 Å². The lowest BCUT2D eigenvalue weighted by molar-refractivity contribution is -0.249. The molecule has 1 amide bonds. The van der Waals surface area contributed by atoms with Crippen molar-refractivity contribution < 1.29 is 40.6 Å². The molecule has 0 bridgehead atoms. The van der Waals surface area contributed by atoms with E-state index in [-0.39, 0.29) is 16.3 Å². The molecule has 1 aromatic heterocycles. The van der Waals surface area contributed by atoms with Crippen LogP contribution in [0.3, 0.4) is 0 Å². The van der Waals surface area contributed by atoms with Gasteiger partial charge in [0.2, 0.25) is 11.5 Å². The normalized spacial score (nSPS) is 22.9. The predicted octanol–water partition coefficient (Wildman–Crippen LogP) is 5.35. The molecule has 1 aliphatic rings. The summed E-state index contributed by atoms with van der Waals surface area (Å²) >= 11 is 5.78. The fraction of sp³-hybridized carbons (Fsp3) is 0.350. The van der Waals surface area contributed by atoms with Gasteiger partial charge in [-0.3, -0.25) is 10.3 Å². The molecule has 1 aromatic carbocycles. The summed E-state index contributed by atoms with van der Waals surface area (Å²) in [4.78, 5) is 19.6. The van der Waals surface area contributed by atoms with Crippen LogP contribution in [0.25, 0.3) is 0 Å². The number of ether oxygens (including phenoxy) is 2. The van der Waals surface area contributed by atoms with Crippen LogP contribution in [0, 0.1) is 5.82 Å². The monoisotopic (exact) mass is 510 g/mol. The Morgan fingerprint density at radius 1 is 1.29 bits per heavy atom. The highest BCUT2D eigenvalue weighted by molar-refractivity contribution is 6.32. The van der Waals surface area contributed by atoms with Crippen LogP contribution >= 0.6 is 11.6 Å². The third-order valence-electron chi connectivity index (χ3n) is 5.10. The summed E-state index contributed by atoms with van der Waals surface area (Å²) in [5.74, 6) is -2.19. The van der Waals surface area contributed by atoms with Gasteiger partial charge in [0.25, 0.3) is 6.43 Å². The molecule has 0 saturated heterocycles. The van der Waals surface area contributed by atoms with Gasteiger partial charge in [0.1, 0.15) is 22.2 Å². The number of carbonyl (C=O) groups excluding carboxylic acids is 1. The molecule has 2 unspecified atom stereocenters. The average molecular weight is 511 g/mol. The lowest BCUT2D eigenvalue weighted by Crippen LogP contribution is -2.60. The van der Waals surface area contributed by atoms with Gasteiger partial charge >= 0.3 is 12.3 Å². The number of hydrogen-bond donors (Lipinski definition) is 2. The van der Waals surface area contributed by atoms with Crippen LogP contribution in [0.2, 0.25) is 5.02 Å². The lowest BCUT2D eigenvalue weighted by atomic mass is 9.89. The molecule has 0 saturated carbocycles. The number of anilines is 1. The van der Waals surface area contributed by atoms with Gasteiger partial charge in [-0.1, -0.05) is 11.6 Å². The molecule has 2 aromatic rings. The van der Waals surface area contributed by atoms with Gasteiger partial charge in [0.05, 0.1) is 6.61 Å². The minimum atomic E-state index is -4.85. The Labute approximate surface area is 193 Å². The predicted molar refractivity (Wildman–Crippen MR) is 110 cm³/mol. The van der Waals surface area contributed by atoms with Crippen molar-refractivity contribution in [3.05, 3.63) is 52.4 Å². The molecule has 2 heterocycles. The number of amidine groups is 1. The van der Waals surface area contributed by atoms with E-state index < -0.39 is 59.5 Å². The molecule has 0 aliphatic carbocycles. The molecular formula is C20H17ClF6N4O3. The van der Waals surface area contributed by atoms with Crippen LogP contribution in [0.1, 0.15) is 31.4 Å². The molecule has 0 radical (unpaired) electrons. The van der Waals surface area contributed by atoms with Crippen molar-refractivity contribution in [3.8, 4) is 5.88 Å². The number of nitrogens with zero attached hydrogens (tertiary/aromatic N) is 2. The molecule has 7 nitrogen and oxygen atoms in total. The molecule has 0 fully saturated rings. The molecule has 3 rings (SSSR count). The summed E-state index contributed by atoms with van der Waals surface area (Å²) in [5, 5.41) is 1.91. The first-order chi connectivity index (χ1) is 15.7. The number of nitrogens with two attached hydrogens (primary N) is 1. The molecule has 1 aliphatic heterocycles. The number of nitrogens with one attached hydrogen (secondary N) is 1. The van der Waals surface area contributed by atoms with Crippen molar-refractivity contribution in [1.29, 1.82) is 0 Å². The van der Waals surface area contributed by atoms with E-state index in [1.165, 1.54) is 6.92 Å². The largest absolute Gasteiger partial charge is 0.424 e. The summed E-state index contributed by atoms with van der Waals surface area (Å²) in [5.41, 5.74) is 0.335. The van der Waals surface area contributed by atoms with Crippen LogP contribution in [-0.4, -0.2) is 35.3 Å². The second kappa shape index (κ2) is 8.95. The van der Waals surface area contributed by atoms with Crippen molar-refractivity contribution in [1.82, 2.24) is 4.98 Å². The number of hydrogen-bond acceptors (Lipinski definition) is 6. The van der Waals surface area contributed by atoms with Gasteiger partial charge < -0.3 is 15.2 Å². The summed E-state index contributed by atoms with van der Waals surface area (Å²) < 4.78 is 89.7. The van der Waals surface area contributed by atoms with E-state index in [1.807, 2.05) is 0 Å². The van der Waals surface area contributed by atoms with Crippen molar-refractivity contribution in [2.24, 2.45) is 10.7 Å². The third kappa shape index (κ3) is 4.89. The summed E-state index contributed by atoms with van der Waals surface area (Å²) in [7, 11) is 0. The quantitative estimate of drug-likeness (QED) is 0.541. The lowest BCUT2D eigenvalue weighted by Gasteiger charge is -2.41. The Kier molecular flexibility index (Phi) is 6.73. The van der Waals surface area contributed by atoms with Gasteiger partial charge in [-0.05, 0) is 38.1 Å². The highest BCUT2D eigenvalue weighted by Gasteiger charge is 2.59. The maximum atomic E-state index is 14.6. The topological polar surface area (TPSA) is 98.8 Å². The first kappa shape index (κ1) is 25.6. The number of carbonyl (C=O) groups is 1. The number of halogens is 7. The SMILES string of the molecule is CC1(c2cc(NC(=O)Oc3ncc(C(F)F)cc3Cl)ccc2F)COC(C)(C(F)(F)F)C(N)=N1. The number of rotatable bonds is 4. The average Bonchev–Trinajstić information content (AvgIpc) is 2.73. The van der Waals surface area contributed by atoms with E-state index in [0.29, 0.717) is 6.92 Å². The van der Waals surface area contributed by atoms with E-state index in [9.17, 15) is 31.1 Å². The van der Waals surface area contributed by atoms with Crippen molar-refractivity contribution in [2.45, 2.75) is 37.6 Å². The van der Waals surface area contributed by atoms with Crippen LogP contribution in [-0.2, 0) is 10.3 Å². The smallest absolute Gasteiger partial charge is 0.389 e. The van der Waals surface area contributed by atoms with Gasteiger partial charge in [-0.15, -0.1) is 0 Å². The number of pyridine rings is 1. The molecule has 3 N–H and O–H groups in total. The minimum Gasteiger partial charge on any atom is -0.389 e. The van der Waals surface area contributed by atoms with E-state index in [4.69, 9.17) is 26.8 Å². The van der Waals surface area contributed by atoms with Crippen LogP contribution in [0.15, 0.2) is 35.5 Å². The number of amides is 1. The molecule has 34 heavy (non-hydrogen) atoms. The zero-order valence-electron chi connectivity index (χ0n) is 17.5. The second-order valence-electron chi connectivity index (χ2n) is 7.66. The number of aromatic nitrogens is 1. The van der Waals surface area contributed by atoms with Gasteiger partial charge in [-0.2, -0.15) is 13.2 Å². The van der Waals surface area contributed by atoms with Gasteiger partial charge in [0, 0.05) is 23.0 Å². The maximum absolute atomic E-state index is 14.6. The Balaban J connectivity index is 1.83. The summed E-state index contributed by atoms with van der Waals surface area (Å²) in [6.07, 6.45) is -8.05. The van der Waals surface area contributed by atoms with Crippen molar-refractivity contribution >= 4 is 29.2 Å². The van der Waals surface area contributed by atoms with E-state index in [2.05, 4.69) is 15.3 Å². The highest BCUT2D eigenvalue weighted by atomic mass is 35.5. The molecular weight excluding hydrogens is 494 g/mol. The molecule has 184 valence electrons. The standard InChI is InChI=1S/C20H17ClF6N4O3/c1-18(8-33-19(2,16(28)31-18)20(25,26)27)11-6-10(3-4-13(11)22)30-17(32)34-15-12(21)5-9(7-29-15)14(23)24/h3-7,14H,8H2,1-2H3,(H2,28,31)(H,30,32). The molecule has 0 spiro atoms. The maximum Gasteiger partial charge on any atom is 0.424 e. The Morgan fingerprint density at radius 3 is 2.53 bits per heavy atom. The zero-order valence-corrected chi connectivity index (χ0v) is 18.3. The fourth-order valence-corrected chi connectivity index (χ4v) is 3.22. The van der Waals surface area contributed by atoms with Crippen molar-refractivity contribution in [3.63, 3.8) is 0 Å². The number of alkyl halides is 5. The van der Waals surface area contributed by atoms with E-state index in [0.717, 1.165) is 30.5 Å². The van der Waals surface area contributed by atoms with Crippen LogP contribution < -0.4 is 15.8 Å². The van der Waals surface area contributed by atoms with E-state index >= 15 is 0 Å². The first-order valence-electron chi connectivity index (χ1n) is 9.45. The fourth-order valence-electron chi connectivity index (χ4n) is 3.01. The molecule has 14 heteroatoms. The Morgan fingerprint density at radius 2 is 1.97 bits per heavy atom. The Bertz CT molecular complexity index is 1150. The number of aliphatic imine (C=N–C) groups is 1. The molecule has 2 atom stereocenters. The van der Waals surface area contributed by atoms with E-state index in [1.54, 1.807) is 0 Å². The first-order valence-corrected chi connectivity index (χ1v) is 9.83. The Hall–Kier alpha value is -3.06. The van der Waals surface area contributed by atoms with Crippen LogP contribution in [0.4, 0.5) is 36.8 Å². The summed E-state index contributed by atoms with van der Waals surface area (Å²) in [6, 6.07) is 4.08. The second-order valence-corrected chi connectivity index (χ2v) is 8.06. The van der Waals surface area contributed by atoms with Gasteiger partial charge in [0.15, 0.2) is 0 Å². The third-order valence-corrected chi connectivity index (χ3v) is 5.37. The summed E-state index contributed by atoms with van der Waals surface area (Å²) in [6.45, 7) is 1.36. The highest BCUT2D eigenvalue weighted by Crippen LogP contribution is 2.41. The van der Waals surface area contributed by atoms with Crippen LogP contribution in [0.5, 0.6) is 5.88 Å². The number of benzene rings is 1.